The lowest BCUT2D eigenvalue weighted by atomic mass is 10.2. The van der Waals surface area contributed by atoms with Crippen LogP contribution >= 0.6 is 0 Å². The number of hydrogen-bond donors (Lipinski definition) is 0. The zero-order chi connectivity index (χ0) is 21.6. The molecular weight excluding hydrogens is 404 g/mol. The molecule has 2 aromatic carbocycles. The van der Waals surface area contributed by atoms with Crippen LogP contribution in [0.2, 0.25) is 0 Å². The van der Waals surface area contributed by atoms with Crippen molar-refractivity contribution in [1.82, 2.24) is 14.8 Å². The maximum absolute atomic E-state index is 13.8. The van der Waals surface area contributed by atoms with E-state index in [0.29, 0.717) is 28.6 Å². The minimum Gasteiger partial charge on any atom is -0.488 e. The SMILES string of the molecule is O=Cc1ccnc(-n2nccc2OCc2ccc(F)cc2OCc2ccc(F)cc2)c1. The highest BCUT2D eigenvalue weighted by atomic mass is 19.1. The van der Waals surface area contributed by atoms with Gasteiger partial charge < -0.3 is 9.47 Å². The van der Waals surface area contributed by atoms with Crippen molar-refractivity contribution in [2.45, 2.75) is 13.2 Å². The van der Waals surface area contributed by atoms with Gasteiger partial charge in [0.15, 0.2) is 5.82 Å². The van der Waals surface area contributed by atoms with E-state index in [9.17, 15) is 13.6 Å². The molecule has 0 aliphatic heterocycles. The van der Waals surface area contributed by atoms with Gasteiger partial charge in [-0.2, -0.15) is 9.78 Å². The summed E-state index contributed by atoms with van der Waals surface area (Å²) in [5, 5.41) is 4.19. The van der Waals surface area contributed by atoms with Crippen LogP contribution in [0.1, 0.15) is 21.5 Å². The highest BCUT2D eigenvalue weighted by Crippen LogP contribution is 2.24. The third kappa shape index (κ3) is 4.92. The molecule has 2 heterocycles. The Labute approximate surface area is 176 Å². The number of carbonyl (C=O) groups excluding carboxylic acids is 1. The molecule has 0 atom stereocenters. The number of nitrogens with zero attached hydrogens (tertiary/aromatic N) is 3. The Morgan fingerprint density at radius 1 is 0.871 bits per heavy atom. The minimum atomic E-state index is -0.447. The van der Waals surface area contributed by atoms with Gasteiger partial charge in [0.2, 0.25) is 5.88 Å². The van der Waals surface area contributed by atoms with E-state index in [-0.39, 0.29) is 19.0 Å². The molecule has 2 aromatic heterocycles. The summed E-state index contributed by atoms with van der Waals surface area (Å²) in [5.41, 5.74) is 1.82. The van der Waals surface area contributed by atoms with E-state index in [1.807, 2.05) is 0 Å². The van der Waals surface area contributed by atoms with Gasteiger partial charge in [-0.3, -0.25) is 4.79 Å². The lowest BCUT2D eigenvalue weighted by molar-refractivity contribution is 0.112. The van der Waals surface area contributed by atoms with Crippen molar-refractivity contribution in [1.29, 1.82) is 0 Å². The number of benzene rings is 2. The molecule has 156 valence electrons. The molecule has 0 aliphatic carbocycles. The number of aldehydes is 1. The number of rotatable bonds is 8. The van der Waals surface area contributed by atoms with Crippen LogP contribution in [0.4, 0.5) is 8.78 Å². The van der Waals surface area contributed by atoms with Crippen molar-refractivity contribution in [2.75, 3.05) is 0 Å². The molecule has 6 nitrogen and oxygen atoms in total. The second-order valence-electron chi connectivity index (χ2n) is 6.60. The fourth-order valence-electron chi connectivity index (χ4n) is 2.87. The van der Waals surface area contributed by atoms with Gasteiger partial charge in [-0.15, -0.1) is 0 Å². The van der Waals surface area contributed by atoms with E-state index in [4.69, 9.17) is 9.47 Å². The molecule has 0 saturated carbocycles. The van der Waals surface area contributed by atoms with Gasteiger partial charge in [0, 0.05) is 29.5 Å². The molecule has 0 unspecified atom stereocenters. The molecule has 0 saturated heterocycles. The predicted octanol–water partition coefficient (Wildman–Crippen LogP) is 4.52. The van der Waals surface area contributed by atoms with Gasteiger partial charge >= 0.3 is 0 Å². The Morgan fingerprint density at radius 2 is 1.68 bits per heavy atom. The average molecular weight is 421 g/mol. The summed E-state index contributed by atoms with van der Waals surface area (Å²) in [6, 6.07) is 14.9. The molecule has 0 radical (unpaired) electrons. The Bertz CT molecular complexity index is 1190. The maximum Gasteiger partial charge on any atom is 0.218 e. The molecule has 0 amide bonds. The van der Waals surface area contributed by atoms with Crippen molar-refractivity contribution >= 4 is 6.29 Å². The molecule has 0 bridgehead atoms. The smallest absolute Gasteiger partial charge is 0.218 e. The first-order valence-electron chi connectivity index (χ1n) is 9.36. The summed E-state index contributed by atoms with van der Waals surface area (Å²) in [7, 11) is 0. The van der Waals surface area contributed by atoms with E-state index >= 15 is 0 Å². The van der Waals surface area contributed by atoms with Crippen LogP contribution in [0.3, 0.4) is 0 Å². The van der Waals surface area contributed by atoms with Crippen molar-refractivity contribution in [2.24, 2.45) is 0 Å². The molecule has 0 aliphatic rings. The summed E-state index contributed by atoms with van der Waals surface area (Å²) < 4.78 is 39.9. The Hall–Kier alpha value is -4.07. The highest BCUT2D eigenvalue weighted by Gasteiger charge is 2.12. The third-order valence-electron chi connectivity index (χ3n) is 4.44. The van der Waals surface area contributed by atoms with Gasteiger partial charge in [-0.25, -0.2) is 13.8 Å². The average Bonchev–Trinajstić information content (AvgIpc) is 3.27. The molecule has 0 spiro atoms. The van der Waals surface area contributed by atoms with Crippen LogP contribution in [0, 0.1) is 11.6 Å². The molecule has 0 N–H and O–H groups in total. The summed E-state index contributed by atoms with van der Waals surface area (Å²) >= 11 is 0. The molecular formula is C23H17F2N3O3. The third-order valence-corrected chi connectivity index (χ3v) is 4.44. The Balaban J connectivity index is 1.50. The van der Waals surface area contributed by atoms with Crippen LogP contribution < -0.4 is 9.47 Å². The topological polar surface area (TPSA) is 66.2 Å². The summed E-state index contributed by atoms with van der Waals surface area (Å²) in [6.45, 7) is 0.231. The summed E-state index contributed by atoms with van der Waals surface area (Å²) in [5.74, 6) is 0.350. The van der Waals surface area contributed by atoms with Crippen molar-refractivity contribution in [3.63, 3.8) is 0 Å². The maximum atomic E-state index is 13.8. The van der Waals surface area contributed by atoms with E-state index in [1.165, 1.54) is 35.1 Å². The summed E-state index contributed by atoms with van der Waals surface area (Å²) in [6.07, 6.45) is 3.77. The van der Waals surface area contributed by atoms with E-state index in [2.05, 4.69) is 10.1 Å². The Morgan fingerprint density at radius 3 is 2.48 bits per heavy atom. The van der Waals surface area contributed by atoms with Crippen LogP contribution in [-0.2, 0) is 13.2 Å². The quantitative estimate of drug-likeness (QED) is 0.392. The lowest BCUT2D eigenvalue weighted by Gasteiger charge is -2.13. The largest absolute Gasteiger partial charge is 0.488 e. The van der Waals surface area contributed by atoms with Crippen LogP contribution in [0.15, 0.2) is 73.1 Å². The first-order chi connectivity index (χ1) is 15.1. The molecule has 31 heavy (non-hydrogen) atoms. The van der Waals surface area contributed by atoms with Crippen LogP contribution in [0.5, 0.6) is 11.6 Å². The highest BCUT2D eigenvalue weighted by molar-refractivity contribution is 5.75. The first kappa shape index (κ1) is 20.2. The minimum absolute atomic E-state index is 0.0814. The van der Waals surface area contributed by atoms with Crippen molar-refractivity contribution in [3.8, 4) is 17.4 Å². The van der Waals surface area contributed by atoms with E-state index in [0.717, 1.165) is 11.8 Å². The fraction of sp³-hybridized carbons (Fsp3) is 0.0870. The van der Waals surface area contributed by atoms with Crippen LogP contribution in [-0.4, -0.2) is 21.1 Å². The normalized spacial score (nSPS) is 10.6. The monoisotopic (exact) mass is 421 g/mol. The zero-order valence-corrected chi connectivity index (χ0v) is 16.2. The van der Waals surface area contributed by atoms with Gasteiger partial charge in [-0.1, -0.05) is 12.1 Å². The molecule has 8 heteroatoms. The second-order valence-corrected chi connectivity index (χ2v) is 6.60. The number of pyridine rings is 1. The number of carbonyl (C=O) groups is 1. The Kier molecular flexibility index (Phi) is 5.98. The van der Waals surface area contributed by atoms with Gasteiger partial charge in [0.25, 0.3) is 0 Å². The summed E-state index contributed by atoms with van der Waals surface area (Å²) in [4.78, 5) is 15.2. The molecule has 4 rings (SSSR count). The fourth-order valence-corrected chi connectivity index (χ4v) is 2.87. The van der Waals surface area contributed by atoms with E-state index < -0.39 is 5.82 Å². The van der Waals surface area contributed by atoms with Crippen LogP contribution in [0.25, 0.3) is 5.82 Å². The number of halogens is 2. The van der Waals surface area contributed by atoms with Crippen molar-refractivity contribution < 1.29 is 23.0 Å². The zero-order valence-electron chi connectivity index (χ0n) is 16.2. The second kappa shape index (κ2) is 9.17. The number of aromatic nitrogens is 3. The molecule has 0 fully saturated rings. The van der Waals surface area contributed by atoms with E-state index in [1.54, 1.807) is 42.6 Å². The van der Waals surface area contributed by atoms with Crippen molar-refractivity contribution in [3.05, 3.63) is 101 Å². The van der Waals surface area contributed by atoms with Gasteiger partial charge in [-0.05, 0) is 42.0 Å². The number of ether oxygens (including phenoxy) is 2. The number of hydrogen-bond acceptors (Lipinski definition) is 5. The van der Waals surface area contributed by atoms with Gasteiger partial charge in [0.05, 0.1) is 6.20 Å². The van der Waals surface area contributed by atoms with Gasteiger partial charge in [0.1, 0.15) is 36.9 Å². The predicted molar refractivity (Wildman–Crippen MR) is 108 cm³/mol. The molecule has 4 aromatic rings. The lowest BCUT2D eigenvalue weighted by Crippen LogP contribution is -2.07. The first-order valence-corrected chi connectivity index (χ1v) is 9.36. The standard InChI is InChI=1S/C23H17F2N3O3/c24-19-4-1-16(2-5-19)14-30-21-12-20(25)6-3-18(21)15-31-23-8-10-27-28(23)22-11-17(13-29)7-9-26-22/h1-13H,14-15H2.